The Morgan fingerprint density at radius 2 is 2.05 bits per heavy atom. The van der Waals surface area contributed by atoms with Gasteiger partial charge >= 0.3 is 6.03 Å². The number of amides is 3. The lowest BCUT2D eigenvalue weighted by molar-refractivity contribution is -0.131. The highest BCUT2D eigenvalue weighted by atomic mass is 19.1. The van der Waals surface area contributed by atoms with E-state index in [2.05, 4.69) is 5.32 Å². The van der Waals surface area contributed by atoms with Gasteiger partial charge < -0.3 is 5.32 Å². The first-order valence-electron chi connectivity index (χ1n) is 6.88. The van der Waals surface area contributed by atoms with E-state index in [1.165, 1.54) is 18.2 Å². The minimum absolute atomic E-state index is 0.0569. The van der Waals surface area contributed by atoms with Crippen molar-refractivity contribution in [2.75, 3.05) is 0 Å². The van der Waals surface area contributed by atoms with Gasteiger partial charge in [-0.1, -0.05) is 18.9 Å². The molecule has 6 heteroatoms. The number of halogens is 1. The van der Waals surface area contributed by atoms with Crippen molar-refractivity contribution in [1.29, 1.82) is 5.26 Å². The number of rotatable bonds is 2. The van der Waals surface area contributed by atoms with Crippen LogP contribution in [0, 0.1) is 17.1 Å². The van der Waals surface area contributed by atoms with Gasteiger partial charge in [0.2, 0.25) is 0 Å². The van der Waals surface area contributed by atoms with Gasteiger partial charge in [-0.25, -0.2) is 9.18 Å². The van der Waals surface area contributed by atoms with Gasteiger partial charge in [0.15, 0.2) is 0 Å². The molecule has 0 bridgehead atoms. The molecule has 1 spiro atoms. The molecule has 1 aromatic carbocycles. The van der Waals surface area contributed by atoms with Crippen molar-refractivity contribution in [3.8, 4) is 6.07 Å². The Hall–Kier alpha value is -2.42. The summed E-state index contributed by atoms with van der Waals surface area (Å²) in [6, 6.07) is 5.37. The van der Waals surface area contributed by atoms with Gasteiger partial charge in [-0.2, -0.15) is 5.26 Å². The Bertz CT molecular complexity index is 659. The second-order valence-electron chi connectivity index (χ2n) is 5.54. The van der Waals surface area contributed by atoms with Crippen LogP contribution in [-0.4, -0.2) is 22.4 Å². The molecular formula is C15H14FN3O2. The predicted molar refractivity (Wildman–Crippen MR) is 71.4 cm³/mol. The number of urea groups is 1. The lowest BCUT2D eigenvalue weighted by Crippen LogP contribution is -2.44. The summed E-state index contributed by atoms with van der Waals surface area (Å²) in [4.78, 5) is 25.6. The smallest absolute Gasteiger partial charge is 0.323 e. The molecule has 21 heavy (non-hydrogen) atoms. The summed E-state index contributed by atoms with van der Waals surface area (Å²) in [5.41, 5.74) is -0.267. The molecule has 5 nitrogen and oxygen atoms in total. The zero-order chi connectivity index (χ0) is 15.0. The molecule has 1 saturated heterocycles. The predicted octanol–water partition coefficient (Wildman–Crippen LogP) is 2.06. The normalized spacial score (nSPS) is 19.9. The molecule has 108 valence electrons. The highest BCUT2D eigenvalue weighted by molar-refractivity contribution is 6.07. The van der Waals surface area contributed by atoms with Crippen LogP contribution in [0.4, 0.5) is 9.18 Å². The van der Waals surface area contributed by atoms with Crippen molar-refractivity contribution >= 4 is 11.9 Å². The SMILES string of the molecule is N#Cc1cc(CN2C(=O)NC3(CCCC3)C2=O)ccc1F. The van der Waals surface area contributed by atoms with Crippen LogP contribution in [0.2, 0.25) is 0 Å². The summed E-state index contributed by atoms with van der Waals surface area (Å²) in [5, 5.41) is 11.6. The Morgan fingerprint density at radius 3 is 2.71 bits per heavy atom. The van der Waals surface area contributed by atoms with Crippen molar-refractivity contribution in [1.82, 2.24) is 10.2 Å². The van der Waals surface area contributed by atoms with E-state index in [0.717, 1.165) is 17.7 Å². The summed E-state index contributed by atoms with van der Waals surface area (Å²) in [7, 11) is 0. The molecule has 2 fully saturated rings. The number of hydrogen-bond acceptors (Lipinski definition) is 3. The maximum absolute atomic E-state index is 13.3. The van der Waals surface area contributed by atoms with Gasteiger partial charge in [0.25, 0.3) is 5.91 Å². The molecule has 1 heterocycles. The van der Waals surface area contributed by atoms with Crippen LogP contribution in [-0.2, 0) is 11.3 Å². The maximum atomic E-state index is 13.3. The highest BCUT2D eigenvalue weighted by Crippen LogP contribution is 2.35. The molecule has 1 N–H and O–H groups in total. The van der Waals surface area contributed by atoms with E-state index in [0.29, 0.717) is 18.4 Å². The van der Waals surface area contributed by atoms with Crippen LogP contribution in [0.25, 0.3) is 0 Å². The highest BCUT2D eigenvalue weighted by Gasteiger charge is 2.52. The summed E-state index contributed by atoms with van der Waals surface area (Å²) in [6.07, 6.45) is 3.19. The third-order valence-electron chi connectivity index (χ3n) is 4.19. The van der Waals surface area contributed by atoms with Gasteiger partial charge in [0, 0.05) is 0 Å². The van der Waals surface area contributed by atoms with Gasteiger partial charge in [0.1, 0.15) is 17.4 Å². The number of imide groups is 1. The first kappa shape index (κ1) is 13.6. The van der Waals surface area contributed by atoms with Crippen LogP contribution < -0.4 is 5.32 Å². The van der Waals surface area contributed by atoms with Crippen LogP contribution in [0.5, 0.6) is 0 Å². The van der Waals surface area contributed by atoms with Crippen molar-refractivity contribution < 1.29 is 14.0 Å². The fourth-order valence-electron chi connectivity index (χ4n) is 3.08. The molecule has 0 aromatic heterocycles. The fourth-order valence-corrected chi connectivity index (χ4v) is 3.08. The van der Waals surface area contributed by atoms with Gasteiger partial charge in [0.05, 0.1) is 12.1 Å². The Balaban J connectivity index is 1.84. The molecule has 0 atom stereocenters. The lowest BCUT2D eigenvalue weighted by Gasteiger charge is -2.20. The van der Waals surface area contributed by atoms with Crippen LogP contribution in [0.3, 0.4) is 0 Å². The lowest BCUT2D eigenvalue weighted by atomic mass is 9.98. The van der Waals surface area contributed by atoms with E-state index in [9.17, 15) is 14.0 Å². The summed E-state index contributed by atoms with van der Waals surface area (Å²) < 4.78 is 13.3. The first-order valence-corrected chi connectivity index (χ1v) is 6.88. The van der Waals surface area contributed by atoms with E-state index in [-0.39, 0.29) is 18.0 Å². The topological polar surface area (TPSA) is 73.2 Å². The molecule has 1 aliphatic carbocycles. The molecule has 1 saturated carbocycles. The van der Waals surface area contributed by atoms with E-state index >= 15 is 0 Å². The number of nitrogens with zero attached hydrogens (tertiary/aromatic N) is 2. The molecule has 1 aliphatic heterocycles. The molecule has 0 radical (unpaired) electrons. The molecule has 3 amide bonds. The number of benzene rings is 1. The number of nitriles is 1. The minimum Gasteiger partial charge on any atom is -0.323 e. The van der Waals surface area contributed by atoms with Crippen molar-refractivity contribution in [2.24, 2.45) is 0 Å². The van der Waals surface area contributed by atoms with Gasteiger partial charge in [-0.3, -0.25) is 9.69 Å². The quantitative estimate of drug-likeness (QED) is 0.846. The molecular weight excluding hydrogens is 273 g/mol. The van der Waals surface area contributed by atoms with Gasteiger partial charge in [-0.15, -0.1) is 0 Å². The Morgan fingerprint density at radius 1 is 1.33 bits per heavy atom. The van der Waals surface area contributed by atoms with Gasteiger partial charge in [-0.05, 0) is 30.5 Å². The van der Waals surface area contributed by atoms with E-state index in [1.54, 1.807) is 6.07 Å². The average molecular weight is 287 g/mol. The van der Waals surface area contributed by atoms with Crippen molar-refractivity contribution in [3.05, 3.63) is 35.1 Å². The summed E-state index contributed by atoms with van der Waals surface area (Å²) in [5.74, 6) is -0.821. The molecule has 2 aliphatic rings. The minimum atomic E-state index is -0.741. The average Bonchev–Trinajstić information content (AvgIpc) is 3.02. The first-order chi connectivity index (χ1) is 10.1. The Kier molecular flexibility index (Phi) is 3.13. The molecule has 1 aromatic rings. The second-order valence-corrected chi connectivity index (χ2v) is 5.54. The van der Waals surface area contributed by atoms with Crippen LogP contribution in [0.1, 0.15) is 36.8 Å². The van der Waals surface area contributed by atoms with E-state index in [1.807, 2.05) is 0 Å². The fraction of sp³-hybridized carbons (Fsp3) is 0.400. The Labute approximate surface area is 121 Å². The summed E-state index contributed by atoms with van der Waals surface area (Å²) >= 11 is 0. The maximum Gasteiger partial charge on any atom is 0.325 e. The molecule has 3 rings (SSSR count). The van der Waals surface area contributed by atoms with Crippen LogP contribution in [0.15, 0.2) is 18.2 Å². The monoisotopic (exact) mass is 287 g/mol. The second kappa shape index (κ2) is 4.85. The number of carbonyl (C=O) groups is 2. The standard InChI is InChI=1S/C15H14FN3O2/c16-12-4-3-10(7-11(12)8-17)9-19-13(20)15(18-14(19)21)5-1-2-6-15/h3-4,7H,1-2,5-6,9H2,(H,18,21). The number of carbonyl (C=O) groups excluding carboxylic acids is 2. The van der Waals surface area contributed by atoms with E-state index < -0.39 is 17.4 Å². The number of hydrogen-bond donors (Lipinski definition) is 1. The largest absolute Gasteiger partial charge is 0.325 e. The van der Waals surface area contributed by atoms with Crippen molar-refractivity contribution in [2.45, 2.75) is 37.8 Å². The molecule has 0 unspecified atom stereocenters. The van der Waals surface area contributed by atoms with Crippen LogP contribution >= 0.6 is 0 Å². The van der Waals surface area contributed by atoms with Crippen molar-refractivity contribution in [3.63, 3.8) is 0 Å². The third-order valence-corrected chi connectivity index (χ3v) is 4.19. The van der Waals surface area contributed by atoms with E-state index in [4.69, 9.17) is 5.26 Å². The third kappa shape index (κ3) is 2.15. The zero-order valence-corrected chi connectivity index (χ0v) is 11.4. The summed E-state index contributed by atoms with van der Waals surface area (Å²) in [6.45, 7) is 0.0569. The zero-order valence-electron chi connectivity index (χ0n) is 11.4. The number of nitrogens with one attached hydrogen (secondary N) is 1.